The Labute approximate surface area is 107 Å². The summed E-state index contributed by atoms with van der Waals surface area (Å²) in [5, 5.41) is 22.4. The number of aromatic hydroxyl groups is 1. The molecule has 2 aromatic rings. The molecule has 3 heteroatoms. The van der Waals surface area contributed by atoms with Gasteiger partial charge in [-0.05, 0) is 36.2 Å². The third-order valence-corrected chi connectivity index (χ3v) is 2.91. The predicted octanol–water partition coefficient (Wildman–Crippen LogP) is 2.85. The maximum absolute atomic E-state index is 10.0. The van der Waals surface area contributed by atoms with Crippen LogP contribution < -0.4 is 5.32 Å². The Morgan fingerprint density at radius 3 is 2.39 bits per heavy atom. The first-order valence-corrected chi connectivity index (χ1v) is 5.93. The fraction of sp³-hybridized carbons (Fsp3) is 0.200. The molecule has 3 N–H and O–H groups in total. The SMILES string of the molecule is Cc1ccccc1NCC(O)c1ccc(O)cc1. The van der Waals surface area contributed by atoms with Gasteiger partial charge in [0.1, 0.15) is 5.75 Å². The Balaban J connectivity index is 1.98. The number of para-hydroxylation sites is 1. The highest BCUT2D eigenvalue weighted by molar-refractivity contribution is 5.50. The first-order chi connectivity index (χ1) is 8.66. The van der Waals surface area contributed by atoms with Crippen molar-refractivity contribution in [3.05, 3.63) is 59.7 Å². The normalized spacial score (nSPS) is 12.1. The molecule has 18 heavy (non-hydrogen) atoms. The van der Waals surface area contributed by atoms with Gasteiger partial charge in [0.05, 0.1) is 6.10 Å². The van der Waals surface area contributed by atoms with Crippen molar-refractivity contribution in [3.63, 3.8) is 0 Å². The molecule has 0 aliphatic carbocycles. The predicted molar refractivity (Wildman–Crippen MR) is 72.7 cm³/mol. The van der Waals surface area contributed by atoms with Gasteiger partial charge in [-0.2, -0.15) is 0 Å². The Bertz CT molecular complexity index is 508. The Morgan fingerprint density at radius 2 is 1.72 bits per heavy atom. The van der Waals surface area contributed by atoms with E-state index < -0.39 is 6.10 Å². The molecular weight excluding hydrogens is 226 g/mol. The largest absolute Gasteiger partial charge is 0.508 e. The number of benzene rings is 2. The molecule has 2 rings (SSSR count). The lowest BCUT2D eigenvalue weighted by molar-refractivity contribution is 0.191. The van der Waals surface area contributed by atoms with Crippen molar-refractivity contribution in [2.45, 2.75) is 13.0 Å². The van der Waals surface area contributed by atoms with Crippen LogP contribution in [0.15, 0.2) is 48.5 Å². The number of nitrogens with one attached hydrogen (secondary N) is 1. The van der Waals surface area contributed by atoms with Gasteiger partial charge >= 0.3 is 0 Å². The summed E-state index contributed by atoms with van der Waals surface area (Å²) in [5.41, 5.74) is 2.96. The van der Waals surface area contributed by atoms with Gasteiger partial charge in [-0.15, -0.1) is 0 Å². The van der Waals surface area contributed by atoms with Crippen LogP contribution in [0.5, 0.6) is 5.75 Å². The summed E-state index contributed by atoms with van der Waals surface area (Å²) in [6, 6.07) is 14.5. The molecule has 0 aromatic heterocycles. The molecule has 0 bridgehead atoms. The van der Waals surface area contributed by atoms with Gasteiger partial charge in [0, 0.05) is 12.2 Å². The number of hydrogen-bond donors (Lipinski definition) is 3. The third-order valence-electron chi connectivity index (χ3n) is 2.91. The van der Waals surface area contributed by atoms with Gasteiger partial charge in [-0.1, -0.05) is 30.3 Å². The first-order valence-electron chi connectivity index (χ1n) is 5.93. The fourth-order valence-corrected chi connectivity index (χ4v) is 1.79. The Hall–Kier alpha value is -2.00. The van der Waals surface area contributed by atoms with Crippen molar-refractivity contribution in [1.82, 2.24) is 0 Å². The monoisotopic (exact) mass is 243 g/mol. The molecule has 3 nitrogen and oxygen atoms in total. The van der Waals surface area contributed by atoms with Crippen LogP contribution in [0.3, 0.4) is 0 Å². The fourth-order valence-electron chi connectivity index (χ4n) is 1.79. The molecule has 0 radical (unpaired) electrons. The summed E-state index contributed by atoms with van der Waals surface area (Å²) >= 11 is 0. The van der Waals surface area contributed by atoms with E-state index in [0.29, 0.717) is 6.54 Å². The average molecular weight is 243 g/mol. The molecule has 0 heterocycles. The molecular formula is C15H17NO2. The van der Waals surface area contributed by atoms with E-state index in [0.717, 1.165) is 16.8 Å². The molecule has 0 aliphatic heterocycles. The number of aliphatic hydroxyl groups excluding tert-OH is 1. The Kier molecular flexibility index (Phi) is 3.85. The zero-order chi connectivity index (χ0) is 13.0. The van der Waals surface area contributed by atoms with Crippen molar-refractivity contribution < 1.29 is 10.2 Å². The molecule has 0 spiro atoms. The molecule has 0 saturated carbocycles. The molecule has 2 aromatic carbocycles. The molecule has 1 atom stereocenters. The van der Waals surface area contributed by atoms with Crippen LogP contribution >= 0.6 is 0 Å². The number of phenolic OH excluding ortho intramolecular Hbond substituents is 1. The van der Waals surface area contributed by atoms with E-state index in [1.807, 2.05) is 31.2 Å². The molecule has 94 valence electrons. The second-order valence-electron chi connectivity index (χ2n) is 4.30. The highest BCUT2D eigenvalue weighted by atomic mass is 16.3. The number of phenols is 1. The summed E-state index contributed by atoms with van der Waals surface area (Å²) in [7, 11) is 0. The average Bonchev–Trinajstić information content (AvgIpc) is 2.38. The molecule has 0 amide bonds. The van der Waals surface area contributed by atoms with E-state index >= 15 is 0 Å². The van der Waals surface area contributed by atoms with Crippen LogP contribution in [0.25, 0.3) is 0 Å². The van der Waals surface area contributed by atoms with Crippen molar-refractivity contribution in [3.8, 4) is 5.75 Å². The third kappa shape index (κ3) is 3.02. The van der Waals surface area contributed by atoms with Gasteiger partial charge in [0.2, 0.25) is 0 Å². The Morgan fingerprint density at radius 1 is 1.06 bits per heavy atom. The maximum Gasteiger partial charge on any atom is 0.115 e. The van der Waals surface area contributed by atoms with E-state index in [4.69, 9.17) is 0 Å². The quantitative estimate of drug-likeness (QED) is 0.774. The lowest BCUT2D eigenvalue weighted by Gasteiger charge is -2.14. The summed E-state index contributed by atoms with van der Waals surface area (Å²) < 4.78 is 0. The summed E-state index contributed by atoms with van der Waals surface area (Å²) in [5.74, 6) is 0.206. The zero-order valence-electron chi connectivity index (χ0n) is 10.3. The second-order valence-corrected chi connectivity index (χ2v) is 4.30. The number of aliphatic hydroxyl groups is 1. The standard InChI is InChI=1S/C15H17NO2/c1-11-4-2-3-5-14(11)16-10-15(18)12-6-8-13(17)9-7-12/h2-9,15-18H,10H2,1H3. The highest BCUT2D eigenvalue weighted by Gasteiger charge is 2.07. The van der Waals surface area contributed by atoms with Crippen LogP contribution in [0.1, 0.15) is 17.2 Å². The lowest BCUT2D eigenvalue weighted by atomic mass is 10.1. The minimum Gasteiger partial charge on any atom is -0.508 e. The lowest BCUT2D eigenvalue weighted by Crippen LogP contribution is -2.12. The number of anilines is 1. The minimum atomic E-state index is -0.592. The topological polar surface area (TPSA) is 52.5 Å². The molecule has 0 fully saturated rings. The number of rotatable bonds is 4. The zero-order valence-corrected chi connectivity index (χ0v) is 10.3. The van der Waals surface area contributed by atoms with E-state index in [-0.39, 0.29) is 5.75 Å². The van der Waals surface area contributed by atoms with Crippen molar-refractivity contribution >= 4 is 5.69 Å². The molecule has 0 saturated heterocycles. The van der Waals surface area contributed by atoms with Gasteiger partial charge in [-0.25, -0.2) is 0 Å². The summed E-state index contributed by atoms with van der Waals surface area (Å²) in [6.45, 7) is 2.46. The second kappa shape index (κ2) is 5.56. The van der Waals surface area contributed by atoms with Crippen molar-refractivity contribution in [1.29, 1.82) is 0 Å². The smallest absolute Gasteiger partial charge is 0.115 e. The van der Waals surface area contributed by atoms with Gasteiger partial charge in [0.15, 0.2) is 0 Å². The summed E-state index contributed by atoms with van der Waals surface area (Å²) in [4.78, 5) is 0. The number of aryl methyl sites for hydroxylation is 1. The van der Waals surface area contributed by atoms with E-state index in [2.05, 4.69) is 5.32 Å². The maximum atomic E-state index is 10.0. The number of hydrogen-bond acceptors (Lipinski definition) is 3. The molecule has 1 unspecified atom stereocenters. The van der Waals surface area contributed by atoms with Crippen LogP contribution in [0, 0.1) is 6.92 Å². The van der Waals surface area contributed by atoms with Crippen LogP contribution in [-0.4, -0.2) is 16.8 Å². The van der Waals surface area contributed by atoms with Gasteiger partial charge in [-0.3, -0.25) is 0 Å². The van der Waals surface area contributed by atoms with Crippen LogP contribution in [0.2, 0.25) is 0 Å². The van der Waals surface area contributed by atoms with Crippen LogP contribution in [-0.2, 0) is 0 Å². The van der Waals surface area contributed by atoms with Gasteiger partial charge in [0.25, 0.3) is 0 Å². The highest BCUT2D eigenvalue weighted by Crippen LogP contribution is 2.19. The van der Waals surface area contributed by atoms with Crippen LogP contribution in [0.4, 0.5) is 5.69 Å². The van der Waals surface area contributed by atoms with E-state index in [1.54, 1.807) is 24.3 Å². The minimum absolute atomic E-state index is 0.206. The van der Waals surface area contributed by atoms with Crippen molar-refractivity contribution in [2.75, 3.05) is 11.9 Å². The van der Waals surface area contributed by atoms with Gasteiger partial charge < -0.3 is 15.5 Å². The first kappa shape index (κ1) is 12.5. The molecule has 0 aliphatic rings. The van der Waals surface area contributed by atoms with E-state index in [1.165, 1.54) is 0 Å². The van der Waals surface area contributed by atoms with E-state index in [9.17, 15) is 10.2 Å². The summed E-state index contributed by atoms with van der Waals surface area (Å²) in [6.07, 6.45) is -0.592. The van der Waals surface area contributed by atoms with Crippen molar-refractivity contribution in [2.24, 2.45) is 0 Å².